The molecule has 1 aliphatic heterocycles. The summed E-state index contributed by atoms with van der Waals surface area (Å²) in [6, 6.07) is 3.73. The molecule has 1 amide bonds. The van der Waals surface area contributed by atoms with E-state index in [1.807, 2.05) is 25.3 Å². The quantitative estimate of drug-likeness (QED) is 0.616. The molecular weight excluding hydrogens is 250 g/mol. The van der Waals surface area contributed by atoms with Crippen molar-refractivity contribution in [3.05, 3.63) is 49.1 Å². The first-order valence-electron chi connectivity index (χ1n) is 5.57. The Morgan fingerprint density at radius 3 is 2.94 bits per heavy atom. The molecule has 0 aliphatic carbocycles. The summed E-state index contributed by atoms with van der Waals surface area (Å²) in [6.45, 7) is 5.92. The second-order valence-electron chi connectivity index (χ2n) is 3.67. The van der Waals surface area contributed by atoms with Crippen LogP contribution in [0.1, 0.15) is 6.92 Å². The number of likely N-dealkylation sites (N-methyl/N-ethyl adjacent to an activating group) is 1. The van der Waals surface area contributed by atoms with E-state index in [0.717, 1.165) is 5.69 Å². The van der Waals surface area contributed by atoms with Gasteiger partial charge in [-0.05, 0) is 30.7 Å². The summed E-state index contributed by atoms with van der Waals surface area (Å²) in [7, 11) is 0. The molecule has 1 aromatic heterocycles. The number of carbonyl (C=O) groups excluding carboxylic acids is 1. The van der Waals surface area contributed by atoms with Crippen LogP contribution in [-0.4, -0.2) is 32.1 Å². The van der Waals surface area contributed by atoms with Crippen LogP contribution in [0.25, 0.3) is 0 Å². The summed E-state index contributed by atoms with van der Waals surface area (Å²) < 4.78 is 1.78. The van der Waals surface area contributed by atoms with Gasteiger partial charge < -0.3 is 0 Å². The Morgan fingerprint density at radius 2 is 2.44 bits per heavy atom. The molecule has 4 nitrogen and oxygen atoms in total. The number of aromatic nitrogens is 1. The van der Waals surface area contributed by atoms with Crippen LogP contribution in [0.3, 0.4) is 0 Å². The van der Waals surface area contributed by atoms with E-state index in [4.69, 9.17) is 11.6 Å². The lowest BCUT2D eigenvalue weighted by molar-refractivity contribution is -0.373. The van der Waals surface area contributed by atoms with Crippen LogP contribution in [0, 0.1) is 0 Å². The van der Waals surface area contributed by atoms with E-state index >= 15 is 0 Å². The van der Waals surface area contributed by atoms with Gasteiger partial charge in [0.2, 0.25) is 11.9 Å². The van der Waals surface area contributed by atoms with Crippen LogP contribution in [0.2, 0.25) is 0 Å². The number of rotatable bonds is 4. The molecule has 0 saturated carbocycles. The van der Waals surface area contributed by atoms with Crippen molar-refractivity contribution in [3.63, 3.8) is 0 Å². The Balaban J connectivity index is 2.23. The number of hydrogen-bond acceptors (Lipinski definition) is 2. The summed E-state index contributed by atoms with van der Waals surface area (Å²) >= 11 is 6.21. The average Bonchev–Trinajstić information content (AvgIpc) is 2.42. The first-order chi connectivity index (χ1) is 8.69. The molecule has 2 rings (SSSR count). The molecule has 5 heteroatoms. The van der Waals surface area contributed by atoms with Crippen LogP contribution in [0.5, 0.6) is 0 Å². The van der Waals surface area contributed by atoms with Crippen molar-refractivity contribution in [1.82, 2.24) is 9.88 Å². The number of halogens is 1. The van der Waals surface area contributed by atoms with Crippen LogP contribution in [0.15, 0.2) is 49.1 Å². The highest BCUT2D eigenvalue weighted by Crippen LogP contribution is 2.25. The molecule has 0 radical (unpaired) electrons. The Labute approximate surface area is 111 Å². The minimum Gasteiger partial charge on any atom is -0.298 e. The van der Waals surface area contributed by atoms with Gasteiger partial charge in [-0.25, -0.2) is 0 Å². The SMILES string of the molecule is C=CC(=O)N(CC)C1=C[N+](c2cccnc2)=C1Cl. The number of amides is 1. The highest BCUT2D eigenvalue weighted by Gasteiger charge is 2.35. The van der Waals surface area contributed by atoms with Gasteiger partial charge in [-0.15, -0.1) is 4.58 Å². The molecule has 2 heterocycles. The van der Waals surface area contributed by atoms with Gasteiger partial charge in [0, 0.05) is 18.8 Å². The Morgan fingerprint density at radius 1 is 1.67 bits per heavy atom. The zero-order chi connectivity index (χ0) is 13.1. The highest BCUT2D eigenvalue weighted by molar-refractivity contribution is 6.69. The molecule has 0 spiro atoms. The number of allylic oxidation sites excluding steroid dienone is 1. The van der Waals surface area contributed by atoms with E-state index in [2.05, 4.69) is 11.6 Å². The van der Waals surface area contributed by atoms with E-state index in [9.17, 15) is 4.79 Å². The van der Waals surface area contributed by atoms with Crippen LogP contribution in [0.4, 0.5) is 5.69 Å². The molecule has 0 atom stereocenters. The van der Waals surface area contributed by atoms with Gasteiger partial charge in [0.25, 0.3) is 5.91 Å². The van der Waals surface area contributed by atoms with Crippen molar-refractivity contribution in [3.8, 4) is 0 Å². The van der Waals surface area contributed by atoms with E-state index in [1.54, 1.807) is 21.9 Å². The third-order valence-electron chi connectivity index (χ3n) is 2.65. The molecule has 92 valence electrons. The third-order valence-corrected chi connectivity index (χ3v) is 3.02. The van der Waals surface area contributed by atoms with Crippen LogP contribution in [-0.2, 0) is 4.79 Å². The fraction of sp³-hybridized carbons (Fsp3) is 0.154. The maximum Gasteiger partial charge on any atom is 0.311 e. The summed E-state index contributed by atoms with van der Waals surface area (Å²) in [4.78, 5) is 17.2. The molecule has 1 aliphatic rings. The summed E-state index contributed by atoms with van der Waals surface area (Å²) in [5.74, 6) is -0.160. The van der Waals surface area contributed by atoms with Gasteiger partial charge >= 0.3 is 5.17 Å². The van der Waals surface area contributed by atoms with Crippen molar-refractivity contribution < 1.29 is 9.37 Å². The van der Waals surface area contributed by atoms with Crippen molar-refractivity contribution in [2.24, 2.45) is 0 Å². The number of pyridine rings is 1. The average molecular weight is 263 g/mol. The molecule has 0 bridgehead atoms. The smallest absolute Gasteiger partial charge is 0.298 e. The zero-order valence-electron chi connectivity index (χ0n) is 10.0. The van der Waals surface area contributed by atoms with Crippen molar-refractivity contribution >= 4 is 28.4 Å². The second-order valence-corrected chi connectivity index (χ2v) is 4.03. The lowest BCUT2D eigenvalue weighted by Crippen LogP contribution is -2.37. The standard InChI is InChI=1S/C13H13ClN3O/c1-3-12(18)16(4-2)11-9-17(13(11)14)10-6-5-7-15-8-10/h3,5-9H,1,4H2,2H3/q+1. The predicted octanol–water partition coefficient (Wildman–Crippen LogP) is 2.25. The highest BCUT2D eigenvalue weighted by atomic mass is 35.5. The maximum absolute atomic E-state index is 11.6. The molecule has 18 heavy (non-hydrogen) atoms. The minimum absolute atomic E-state index is 0.160. The summed E-state index contributed by atoms with van der Waals surface area (Å²) in [6.07, 6.45) is 6.49. The zero-order valence-corrected chi connectivity index (χ0v) is 10.8. The lowest BCUT2D eigenvalue weighted by Gasteiger charge is -2.22. The fourth-order valence-electron chi connectivity index (χ4n) is 1.71. The predicted molar refractivity (Wildman–Crippen MR) is 70.7 cm³/mol. The normalized spacial score (nSPS) is 13.8. The minimum atomic E-state index is -0.160. The number of nitrogens with zero attached hydrogens (tertiary/aromatic N) is 3. The largest absolute Gasteiger partial charge is 0.311 e. The van der Waals surface area contributed by atoms with Gasteiger partial charge in [0.15, 0.2) is 5.70 Å². The van der Waals surface area contributed by atoms with Gasteiger partial charge in [0.05, 0.1) is 6.20 Å². The van der Waals surface area contributed by atoms with Crippen molar-refractivity contribution in [2.75, 3.05) is 6.54 Å². The maximum atomic E-state index is 11.6. The third kappa shape index (κ3) is 2.07. The summed E-state index contributed by atoms with van der Waals surface area (Å²) in [5, 5.41) is 0.514. The van der Waals surface area contributed by atoms with Crippen molar-refractivity contribution in [1.29, 1.82) is 0 Å². The number of carbonyl (C=O) groups is 1. The lowest BCUT2D eigenvalue weighted by atomic mass is 10.2. The molecule has 0 unspecified atom stereocenters. The topological polar surface area (TPSA) is 36.2 Å². The molecule has 0 aromatic carbocycles. The van der Waals surface area contributed by atoms with E-state index in [0.29, 0.717) is 17.4 Å². The molecule has 0 saturated heterocycles. The van der Waals surface area contributed by atoms with Gasteiger partial charge in [-0.1, -0.05) is 6.58 Å². The summed E-state index contributed by atoms with van der Waals surface area (Å²) in [5.41, 5.74) is 1.57. The number of hydrogen-bond donors (Lipinski definition) is 0. The molecule has 0 N–H and O–H groups in total. The van der Waals surface area contributed by atoms with E-state index < -0.39 is 0 Å². The Kier molecular flexibility index (Phi) is 3.58. The molecule has 0 fully saturated rings. The first kappa shape index (κ1) is 12.5. The van der Waals surface area contributed by atoms with Gasteiger partial charge in [-0.3, -0.25) is 14.7 Å². The monoisotopic (exact) mass is 262 g/mol. The van der Waals surface area contributed by atoms with Gasteiger partial charge in [0.1, 0.15) is 0 Å². The molecule has 1 aromatic rings. The van der Waals surface area contributed by atoms with Crippen molar-refractivity contribution in [2.45, 2.75) is 6.92 Å². The van der Waals surface area contributed by atoms with E-state index in [-0.39, 0.29) is 5.91 Å². The first-order valence-corrected chi connectivity index (χ1v) is 5.94. The second kappa shape index (κ2) is 5.14. The Hall–Kier alpha value is -1.94. The fourth-order valence-corrected chi connectivity index (χ4v) is 2.01. The van der Waals surface area contributed by atoms with Crippen LogP contribution >= 0.6 is 11.6 Å². The Bertz CT molecular complexity index is 549. The van der Waals surface area contributed by atoms with E-state index in [1.165, 1.54) is 6.08 Å². The van der Waals surface area contributed by atoms with Gasteiger partial charge in [-0.2, -0.15) is 0 Å². The molecular formula is C13H13ClN3O+. The van der Waals surface area contributed by atoms with Crippen LogP contribution < -0.4 is 0 Å².